The first-order valence-electron chi connectivity index (χ1n) is 6.44. The smallest absolute Gasteiger partial charge is 0.279 e. The van der Waals surface area contributed by atoms with Crippen LogP contribution in [0.2, 0.25) is 0 Å². The van der Waals surface area contributed by atoms with E-state index in [1.165, 1.54) is 6.07 Å². The van der Waals surface area contributed by atoms with Gasteiger partial charge in [0.1, 0.15) is 0 Å². The Balaban J connectivity index is 1.98. The van der Waals surface area contributed by atoms with E-state index in [2.05, 4.69) is 0 Å². The van der Waals surface area contributed by atoms with Crippen LogP contribution < -0.4 is 0 Å². The summed E-state index contributed by atoms with van der Waals surface area (Å²) in [7, 11) is 0. The van der Waals surface area contributed by atoms with Crippen LogP contribution in [0.5, 0.6) is 0 Å². The summed E-state index contributed by atoms with van der Waals surface area (Å²) >= 11 is 0. The topological polar surface area (TPSA) is 9.23 Å². The van der Waals surface area contributed by atoms with Crippen LogP contribution in [0.1, 0.15) is 24.0 Å². The fourth-order valence-corrected chi connectivity index (χ4v) is 3.22. The van der Waals surface area contributed by atoms with Crippen LogP contribution in [-0.2, 0) is 17.1 Å². The average Bonchev–Trinajstić information content (AvgIpc) is 2.67. The molecule has 2 atom stereocenters. The Labute approximate surface area is 108 Å². The quantitative estimate of drug-likeness (QED) is 0.710. The normalized spacial score (nSPS) is 29.3. The van der Waals surface area contributed by atoms with E-state index in [0.29, 0.717) is 13.0 Å². The van der Waals surface area contributed by atoms with E-state index in [1.54, 1.807) is 0 Å². The maximum atomic E-state index is 14.4. The second-order valence-electron chi connectivity index (χ2n) is 5.31. The van der Waals surface area contributed by atoms with Gasteiger partial charge in [0.2, 0.25) is 0 Å². The Bertz CT molecular complexity index is 494. The van der Waals surface area contributed by atoms with Gasteiger partial charge in [-0.3, -0.25) is 0 Å². The van der Waals surface area contributed by atoms with Crippen LogP contribution in [0.3, 0.4) is 0 Å². The van der Waals surface area contributed by atoms with Crippen LogP contribution in [0.4, 0.5) is 17.6 Å². The fourth-order valence-electron chi connectivity index (χ4n) is 3.22. The van der Waals surface area contributed by atoms with Gasteiger partial charge < -0.3 is 4.74 Å². The van der Waals surface area contributed by atoms with E-state index in [4.69, 9.17) is 4.74 Å². The molecule has 0 radical (unpaired) electrons. The van der Waals surface area contributed by atoms with Crippen molar-refractivity contribution in [2.75, 3.05) is 13.2 Å². The summed E-state index contributed by atoms with van der Waals surface area (Å²) in [5.74, 6) is -7.20. The van der Waals surface area contributed by atoms with Crippen molar-refractivity contribution >= 4 is 0 Å². The zero-order valence-electron chi connectivity index (χ0n) is 10.3. The van der Waals surface area contributed by atoms with Crippen molar-refractivity contribution in [2.24, 2.45) is 11.8 Å². The summed E-state index contributed by atoms with van der Waals surface area (Å²) in [5, 5.41) is 0. The standard InChI is InChI=1S/C14H14F4O/c15-11-4-3-8-6-10(9-2-1-5-19-7-9)14(17,18)12(8)13(11)16/h3-4,9-10H,1-2,5-7H2. The van der Waals surface area contributed by atoms with E-state index in [-0.39, 0.29) is 24.5 Å². The summed E-state index contributed by atoms with van der Waals surface area (Å²) in [6.45, 7) is 0.864. The third-order valence-corrected chi connectivity index (χ3v) is 4.18. The summed E-state index contributed by atoms with van der Waals surface area (Å²) < 4.78 is 60.8. The van der Waals surface area contributed by atoms with Crippen LogP contribution >= 0.6 is 0 Å². The molecule has 3 rings (SSSR count). The lowest BCUT2D eigenvalue weighted by Gasteiger charge is -2.31. The predicted molar refractivity (Wildman–Crippen MR) is 61.0 cm³/mol. The molecule has 2 unspecified atom stereocenters. The number of benzene rings is 1. The lowest BCUT2D eigenvalue weighted by atomic mass is 9.83. The highest BCUT2D eigenvalue weighted by Crippen LogP contribution is 2.51. The molecule has 1 heterocycles. The molecule has 104 valence electrons. The predicted octanol–water partition coefficient (Wildman–Crippen LogP) is 3.66. The Morgan fingerprint density at radius 2 is 2.00 bits per heavy atom. The minimum atomic E-state index is -3.31. The van der Waals surface area contributed by atoms with Gasteiger partial charge in [0.25, 0.3) is 5.92 Å². The highest BCUT2D eigenvalue weighted by Gasteiger charge is 2.53. The van der Waals surface area contributed by atoms with Crippen molar-refractivity contribution < 1.29 is 22.3 Å². The number of ether oxygens (including phenoxy) is 1. The lowest BCUT2D eigenvalue weighted by Crippen LogP contribution is -2.34. The molecule has 1 nitrogen and oxygen atoms in total. The van der Waals surface area contributed by atoms with Gasteiger partial charge in [-0.1, -0.05) is 6.07 Å². The van der Waals surface area contributed by atoms with Gasteiger partial charge in [-0.2, -0.15) is 0 Å². The monoisotopic (exact) mass is 274 g/mol. The van der Waals surface area contributed by atoms with Gasteiger partial charge in [0, 0.05) is 19.1 Å². The van der Waals surface area contributed by atoms with Crippen LogP contribution in [0.15, 0.2) is 12.1 Å². The molecule has 1 saturated heterocycles. The maximum Gasteiger partial charge on any atom is 0.279 e. The van der Waals surface area contributed by atoms with Crippen LogP contribution in [0.25, 0.3) is 0 Å². The molecular weight excluding hydrogens is 260 g/mol. The number of hydrogen-bond acceptors (Lipinski definition) is 1. The molecule has 19 heavy (non-hydrogen) atoms. The van der Waals surface area contributed by atoms with Crippen molar-refractivity contribution in [1.29, 1.82) is 0 Å². The van der Waals surface area contributed by atoms with Crippen molar-refractivity contribution in [1.82, 2.24) is 0 Å². The minimum Gasteiger partial charge on any atom is -0.381 e. The summed E-state index contributed by atoms with van der Waals surface area (Å²) in [4.78, 5) is 0. The number of halogens is 4. The van der Waals surface area contributed by atoms with Crippen molar-refractivity contribution in [3.63, 3.8) is 0 Å². The molecule has 1 aromatic rings. The zero-order valence-corrected chi connectivity index (χ0v) is 10.3. The summed E-state index contributed by atoms with van der Waals surface area (Å²) in [5.41, 5.74) is -0.525. The van der Waals surface area contributed by atoms with Gasteiger partial charge in [-0.25, -0.2) is 17.6 Å². The second-order valence-corrected chi connectivity index (χ2v) is 5.31. The van der Waals surface area contributed by atoms with E-state index in [0.717, 1.165) is 12.5 Å². The molecule has 1 aliphatic heterocycles. The average molecular weight is 274 g/mol. The number of alkyl halides is 2. The maximum absolute atomic E-state index is 14.4. The molecule has 1 aromatic carbocycles. The third-order valence-electron chi connectivity index (χ3n) is 4.18. The molecule has 0 bridgehead atoms. The van der Waals surface area contributed by atoms with Gasteiger partial charge in [0.15, 0.2) is 11.6 Å². The molecule has 5 heteroatoms. The number of hydrogen-bond donors (Lipinski definition) is 0. The highest BCUT2D eigenvalue weighted by atomic mass is 19.3. The minimum absolute atomic E-state index is 0.0908. The zero-order chi connectivity index (χ0) is 13.6. The molecule has 2 aliphatic rings. The van der Waals surface area contributed by atoms with E-state index >= 15 is 0 Å². The lowest BCUT2D eigenvalue weighted by molar-refractivity contribution is -0.101. The Hall–Kier alpha value is -1.10. The SMILES string of the molecule is Fc1ccc2c(c1F)C(F)(F)C(C1CCCOC1)C2. The Morgan fingerprint density at radius 1 is 1.21 bits per heavy atom. The molecule has 1 aliphatic carbocycles. The van der Waals surface area contributed by atoms with Crippen LogP contribution in [-0.4, -0.2) is 13.2 Å². The summed E-state index contributed by atoms with van der Waals surface area (Å²) in [6.07, 6.45) is 1.48. The fraction of sp³-hybridized carbons (Fsp3) is 0.571. The molecule has 0 saturated carbocycles. The molecular formula is C14H14F4O. The molecule has 0 N–H and O–H groups in total. The van der Waals surface area contributed by atoms with Crippen molar-refractivity contribution in [3.8, 4) is 0 Å². The first-order valence-corrected chi connectivity index (χ1v) is 6.44. The molecule has 0 aromatic heterocycles. The first kappa shape index (κ1) is 12.9. The molecule has 0 spiro atoms. The number of rotatable bonds is 1. The molecule has 0 amide bonds. The third kappa shape index (κ3) is 1.95. The van der Waals surface area contributed by atoms with Gasteiger partial charge in [-0.05, 0) is 36.8 Å². The van der Waals surface area contributed by atoms with E-state index < -0.39 is 29.0 Å². The highest BCUT2D eigenvalue weighted by molar-refractivity contribution is 5.39. The van der Waals surface area contributed by atoms with Gasteiger partial charge in [-0.15, -0.1) is 0 Å². The Morgan fingerprint density at radius 3 is 2.68 bits per heavy atom. The van der Waals surface area contributed by atoms with Gasteiger partial charge >= 0.3 is 0 Å². The first-order chi connectivity index (χ1) is 9.01. The van der Waals surface area contributed by atoms with Crippen molar-refractivity contribution in [2.45, 2.75) is 25.2 Å². The van der Waals surface area contributed by atoms with E-state index in [1.807, 2.05) is 0 Å². The van der Waals surface area contributed by atoms with Crippen LogP contribution in [0, 0.1) is 23.5 Å². The summed E-state index contributed by atoms with van der Waals surface area (Å²) in [6, 6.07) is 2.19. The second kappa shape index (κ2) is 4.47. The van der Waals surface area contributed by atoms with E-state index in [9.17, 15) is 17.6 Å². The molecule has 1 fully saturated rings. The van der Waals surface area contributed by atoms with Gasteiger partial charge in [0.05, 0.1) is 5.56 Å². The van der Waals surface area contributed by atoms with Crippen molar-refractivity contribution in [3.05, 3.63) is 34.9 Å². The largest absolute Gasteiger partial charge is 0.381 e. The number of fused-ring (bicyclic) bond motifs is 1. The Kier molecular flexibility index (Phi) is 3.04.